The van der Waals surface area contributed by atoms with E-state index in [1.54, 1.807) is 0 Å². The number of nitrogens with one attached hydrogen (secondary N) is 1. The Hall–Kier alpha value is -1.09. The third-order valence-corrected chi connectivity index (χ3v) is 3.51. The van der Waals surface area contributed by atoms with Crippen LogP contribution in [0.2, 0.25) is 0 Å². The van der Waals surface area contributed by atoms with Crippen molar-refractivity contribution < 1.29 is 0 Å². The van der Waals surface area contributed by atoms with Crippen LogP contribution in [-0.4, -0.2) is 17.6 Å². The lowest BCUT2D eigenvalue weighted by Gasteiger charge is -2.43. The molecule has 0 atom stereocenters. The molecule has 1 N–H and O–H groups in total. The minimum atomic E-state index is -0.107. The van der Waals surface area contributed by atoms with Crippen LogP contribution in [0.25, 0.3) is 0 Å². The van der Waals surface area contributed by atoms with Gasteiger partial charge in [0.1, 0.15) is 4.99 Å². The predicted molar refractivity (Wildman–Crippen MR) is 65.1 cm³/mol. The van der Waals surface area contributed by atoms with Gasteiger partial charge in [-0.15, -0.1) is 0 Å². The summed E-state index contributed by atoms with van der Waals surface area (Å²) in [6.45, 7) is 4.25. The molecule has 0 saturated heterocycles. The second-order valence-corrected chi connectivity index (χ2v) is 4.50. The van der Waals surface area contributed by atoms with Crippen molar-refractivity contribution in [3.8, 4) is 0 Å². The van der Waals surface area contributed by atoms with Crippen molar-refractivity contribution in [2.75, 3.05) is 17.3 Å². The number of anilines is 2. The summed E-state index contributed by atoms with van der Waals surface area (Å²) < 4.78 is 0. The Morgan fingerprint density at radius 3 is 2.64 bits per heavy atom. The van der Waals surface area contributed by atoms with E-state index in [1.165, 1.54) is 5.69 Å². The molecule has 0 spiro atoms. The Morgan fingerprint density at radius 2 is 1.93 bits per heavy atom. The Balaban J connectivity index is 2.55. The normalized spacial score (nSPS) is 18.8. The quantitative estimate of drug-likeness (QED) is 0.657. The number of para-hydroxylation sites is 2. The number of rotatable bonds is 0. The lowest BCUT2D eigenvalue weighted by atomic mass is 9.98. The lowest BCUT2D eigenvalue weighted by molar-refractivity contribution is 0.642. The molecule has 1 aromatic rings. The van der Waals surface area contributed by atoms with E-state index < -0.39 is 0 Å². The van der Waals surface area contributed by atoms with Crippen molar-refractivity contribution in [3.05, 3.63) is 24.3 Å². The molecule has 1 aliphatic rings. The standard InChI is InChI=1S/C11H14N2S/c1-11(2)10(14)12-8-6-4-5-7-9(8)13(11)3/h4-7H,1-3H3,(H,12,14). The summed E-state index contributed by atoms with van der Waals surface area (Å²) in [6, 6.07) is 8.21. The van der Waals surface area contributed by atoms with E-state index in [1.807, 2.05) is 18.2 Å². The van der Waals surface area contributed by atoms with Crippen molar-refractivity contribution in [2.24, 2.45) is 0 Å². The fraction of sp³-hybridized carbons (Fsp3) is 0.364. The zero-order chi connectivity index (χ0) is 10.3. The molecule has 0 unspecified atom stereocenters. The number of fused-ring (bicyclic) bond motifs is 1. The number of thiocarbonyl (C=S) groups is 1. The molecule has 0 radical (unpaired) electrons. The highest BCUT2D eigenvalue weighted by Gasteiger charge is 2.34. The van der Waals surface area contributed by atoms with Crippen molar-refractivity contribution in [2.45, 2.75) is 19.4 Å². The molecule has 0 amide bonds. The molecule has 0 fully saturated rings. The first-order chi connectivity index (χ1) is 6.53. The zero-order valence-corrected chi connectivity index (χ0v) is 9.48. The zero-order valence-electron chi connectivity index (χ0n) is 8.66. The van der Waals surface area contributed by atoms with Crippen LogP contribution in [0.1, 0.15) is 13.8 Å². The fourth-order valence-corrected chi connectivity index (χ4v) is 1.85. The van der Waals surface area contributed by atoms with Gasteiger partial charge in [-0.1, -0.05) is 24.4 Å². The van der Waals surface area contributed by atoms with E-state index >= 15 is 0 Å². The number of likely N-dealkylation sites (N-methyl/N-ethyl adjacent to an activating group) is 1. The molecule has 74 valence electrons. The minimum absolute atomic E-state index is 0.107. The third kappa shape index (κ3) is 1.20. The molecule has 1 aromatic carbocycles. The molecule has 0 aromatic heterocycles. The molecule has 0 saturated carbocycles. The Kier molecular flexibility index (Phi) is 2.00. The SMILES string of the molecule is CN1c2ccccc2NC(=S)C1(C)C. The van der Waals surface area contributed by atoms with Gasteiger partial charge in [0.05, 0.1) is 16.9 Å². The highest BCUT2D eigenvalue weighted by atomic mass is 32.1. The van der Waals surface area contributed by atoms with Crippen LogP contribution in [-0.2, 0) is 0 Å². The molecule has 2 nitrogen and oxygen atoms in total. The Morgan fingerprint density at radius 1 is 1.29 bits per heavy atom. The maximum absolute atomic E-state index is 5.34. The van der Waals surface area contributed by atoms with Gasteiger partial charge in [-0.3, -0.25) is 0 Å². The highest BCUT2D eigenvalue weighted by Crippen LogP contribution is 2.35. The topological polar surface area (TPSA) is 15.3 Å². The molecule has 0 aliphatic carbocycles. The van der Waals surface area contributed by atoms with Gasteiger partial charge >= 0.3 is 0 Å². The predicted octanol–water partition coefficient (Wildman–Crippen LogP) is 2.65. The van der Waals surface area contributed by atoms with Gasteiger partial charge < -0.3 is 10.2 Å². The number of nitrogens with zero attached hydrogens (tertiary/aromatic N) is 1. The van der Waals surface area contributed by atoms with Gasteiger partial charge in [-0.25, -0.2) is 0 Å². The van der Waals surface area contributed by atoms with Crippen molar-refractivity contribution in [1.82, 2.24) is 0 Å². The maximum atomic E-state index is 5.34. The van der Waals surface area contributed by atoms with Crippen LogP contribution in [0.15, 0.2) is 24.3 Å². The first kappa shape index (κ1) is 9.46. The van der Waals surface area contributed by atoms with Gasteiger partial charge in [0.15, 0.2) is 0 Å². The molecule has 2 rings (SSSR count). The van der Waals surface area contributed by atoms with E-state index in [4.69, 9.17) is 12.2 Å². The molecule has 3 heteroatoms. The van der Waals surface area contributed by atoms with Gasteiger partial charge in [0, 0.05) is 7.05 Å². The molecule has 1 heterocycles. The van der Waals surface area contributed by atoms with Crippen molar-refractivity contribution in [3.63, 3.8) is 0 Å². The van der Waals surface area contributed by atoms with E-state index in [0.29, 0.717) is 0 Å². The number of hydrogen-bond acceptors (Lipinski definition) is 2. The Labute approximate surface area is 89.9 Å². The fourth-order valence-electron chi connectivity index (χ4n) is 1.60. The van der Waals surface area contributed by atoms with Gasteiger partial charge in [-0.05, 0) is 26.0 Å². The van der Waals surface area contributed by atoms with Crippen molar-refractivity contribution >= 4 is 28.6 Å². The van der Waals surface area contributed by atoms with E-state index in [-0.39, 0.29) is 5.54 Å². The van der Waals surface area contributed by atoms with Crippen LogP contribution in [0.3, 0.4) is 0 Å². The lowest BCUT2D eigenvalue weighted by Crippen LogP contribution is -2.53. The first-order valence-electron chi connectivity index (χ1n) is 4.68. The molecule has 14 heavy (non-hydrogen) atoms. The summed E-state index contributed by atoms with van der Waals surface area (Å²) in [5.74, 6) is 0. The van der Waals surface area contributed by atoms with E-state index in [0.717, 1.165) is 10.7 Å². The van der Waals surface area contributed by atoms with Gasteiger partial charge in [0.25, 0.3) is 0 Å². The van der Waals surface area contributed by atoms with Crippen LogP contribution >= 0.6 is 12.2 Å². The van der Waals surface area contributed by atoms with Gasteiger partial charge in [0.2, 0.25) is 0 Å². The van der Waals surface area contributed by atoms with Gasteiger partial charge in [-0.2, -0.15) is 0 Å². The van der Waals surface area contributed by atoms with Crippen LogP contribution in [0.5, 0.6) is 0 Å². The first-order valence-corrected chi connectivity index (χ1v) is 5.08. The third-order valence-electron chi connectivity index (χ3n) is 2.91. The second kappa shape index (κ2) is 2.95. The summed E-state index contributed by atoms with van der Waals surface area (Å²) in [4.78, 5) is 3.08. The summed E-state index contributed by atoms with van der Waals surface area (Å²) in [5.41, 5.74) is 2.19. The van der Waals surface area contributed by atoms with Crippen LogP contribution < -0.4 is 10.2 Å². The van der Waals surface area contributed by atoms with E-state index in [2.05, 4.69) is 37.2 Å². The summed E-state index contributed by atoms with van der Waals surface area (Å²) in [5, 5.41) is 3.27. The largest absolute Gasteiger partial charge is 0.361 e. The second-order valence-electron chi connectivity index (χ2n) is 4.09. The average Bonchev–Trinajstić information content (AvgIpc) is 2.15. The number of hydrogen-bond donors (Lipinski definition) is 1. The van der Waals surface area contributed by atoms with Crippen LogP contribution in [0, 0.1) is 0 Å². The molecular weight excluding hydrogens is 192 g/mol. The van der Waals surface area contributed by atoms with Crippen LogP contribution in [0.4, 0.5) is 11.4 Å². The minimum Gasteiger partial charge on any atom is -0.361 e. The summed E-state index contributed by atoms with van der Waals surface area (Å²) in [6.07, 6.45) is 0. The monoisotopic (exact) mass is 206 g/mol. The molecule has 1 aliphatic heterocycles. The summed E-state index contributed by atoms with van der Waals surface area (Å²) >= 11 is 5.34. The highest BCUT2D eigenvalue weighted by molar-refractivity contribution is 7.80. The molecular formula is C11H14N2S. The number of benzene rings is 1. The average molecular weight is 206 g/mol. The smallest absolute Gasteiger partial charge is 0.105 e. The maximum Gasteiger partial charge on any atom is 0.105 e. The van der Waals surface area contributed by atoms with Crippen molar-refractivity contribution in [1.29, 1.82) is 0 Å². The summed E-state index contributed by atoms with van der Waals surface area (Å²) in [7, 11) is 2.08. The molecule has 0 bridgehead atoms. The Bertz CT molecular complexity index is 385. The van der Waals surface area contributed by atoms with E-state index in [9.17, 15) is 0 Å².